The first-order chi connectivity index (χ1) is 14.1. The summed E-state index contributed by atoms with van der Waals surface area (Å²) in [6.45, 7) is 2.20. The zero-order valence-corrected chi connectivity index (χ0v) is 16.5. The van der Waals surface area contributed by atoms with Gasteiger partial charge in [-0.3, -0.25) is 0 Å². The molecule has 2 heterocycles. The third-order valence-corrected chi connectivity index (χ3v) is 5.45. The zero-order chi connectivity index (χ0) is 20.2. The SMILES string of the molecule is C[C@H](CCc1ccccc1)O[C@@H]1O[C@@H]2CO[C@H](c3ccccc3)O[C@H]2[C@H](O)[C@H]1O. The number of benzene rings is 2. The van der Waals surface area contributed by atoms with Crippen molar-refractivity contribution in [1.82, 2.24) is 0 Å². The number of hydrogen-bond acceptors (Lipinski definition) is 6. The molecule has 6 heteroatoms. The van der Waals surface area contributed by atoms with Gasteiger partial charge in [0.1, 0.15) is 24.4 Å². The van der Waals surface area contributed by atoms with Gasteiger partial charge in [-0.2, -0.15) is 0 Å². The molecule has 2 fully saturated rings. The third-order valence-electron chi connectivity index (χ3n) is 5.45. The van der Waals surface area contributed by atoms with E-state index < -0.39 is 37.0 Å². The number of rotatable bonds is 6. The Morgan fingerprint density at radius 3 is 2.38 bits per heavy atom. The molecule has 0 unspecified atom stereocenters. The molecule has 2 aliphatic heterocycles. The fourth-order valence-electron chi connectivity index (χ4n) is 3.78. The van der Waals surface area contributed by atoms with Crippen molar-refractivity contribution in [1.29, 1.82) is 0 Å². The van der Waals surface area contributed by atoms with Crippen LogP contribution in [0.5, 0.6) is 0 Å². The van der Waals surface area contributed by atoms with Gasteiger partial charge in [0.2, 0.25) is 0 Å². The Kier molecular flexibility index (Phi) is 6.60. The van der Waals surface area contributed by atoms with Crippen LogP contribution in [0, 0.1) is 0 Å². The summed E-state index contributed by atoms with van der Waals surface area (Å²) in [5.41, 5.74) is 2.09. The van der Waals surface area contributed by atoms with Gasteiger partial charge in [0, 0.05) is 5.56 Å². The van der Waals surface area contributed by atoms with Crippen LogP contribution in [0.25, 0.3) is 0 Å². The van der Waals surface area contributed by atoms with Crippen molar-refractivity contribution in [3.05, 3.63) is 71.8 Å². The second-order valence-electron chi connectivity index (χ2n) is 7.67. The molecule has 2 aromatic carbocycles. The molecule has 29 heavy (non-hydrogen) atoms. The molecule has 4 rings (SSSR count). The number of aryl methyl sites for hydroxylation is 1. The first-order valence-electron chi connectivity index (χ1n) is 10.1. The van der Waals surface area contributed by atoms with Crippen LogP contribution in [0.2, 0.25) is 0 Å². The van der Waals surface area contributed by atoms with E-state index in [1.54, 1.807) is 0 Å². The molecule has 0 saturated carbocycles. The molecule has 2 N–H and O–H groups in total. The number of fused-ring (bicyclic) bond motifs is 1. The lowest BCUT2D eigenvalue weighted by Gasteiger charge is -2.46. The largest absolute Gasteiger partial charge is 0.387 e. The maximum absolute atomic E-state index is 10.6. The molecule has 6 nitrogen and oxygen atoms in total. The minimum Gasteiger partial charge on any atom is -0.387 e. The Labute approximate surface area is 171 Å². The molecule has 0 spiro atoms. The average Bonchev–Trinajstić information content (AvgIpc) is 2.77. The molecule has 2 aliphatic rings. The number of ether oxygens (including phenoxy) is 4. The summed E-state index contributed by atoms with van der Waals surface area (Å²) in [6.07, 6.45) is -3.49. The number of hydrogen-bond donors (Lipinski definition) is 2. The lowest BCUT2D eigenvalue weighted by molar-refractivity contribution is -0.365. The van der Waals surface area contributed by atoms with E-state index in [1.165, 1.54) is 5.56 Å². The molecule has 0 aromatic heterocycles. The van der Waals surface area contributed by atoms with Crippen molar-refractivity contribution in [2.24, 2.45) is 0 Å². The van der Waals surface area contributed by atoms with Crippen LogP contribution >= 0.6 is 0 Å². The average molecular weight is 400 g/mol. The van der Waals surface area contributed by atoms with E-state index in [0.29, 0.717) is 0 Å². The molecule has 156 valence electrons. The van der Waals surface area contributed by atoms with Crippen molar-refractivity contribution in [3.63, 3.8) is 0 Å². The summed E-state index contributed by atoms with van der Waals surface area (Å²) in [5, 5.41) is 21.2. The van der Waals surface area contributed by atoms with Crippen LogP contribution in [-0.2, 0) is 25.4 Å². The van der Waals surface area contributed by atoms with Crippen LogP contribution in [0.1, 0.15) is 30.8 Å². The van der Waals surface area contributed by atoms with Gasteiger partial charge in [-0.1, -0.05) is 60.7 Å². The van der Waals surface area contributed by atoms with E-state index in [-0.39, 0.29) is 12.7 Å². The highest BCUT2D eigenvalue weighted by Crippen LogP contribution is 2.34. The fraction of sp³-hybridized carbons (Fsp3) is 0.478. The van der Waals surface area contributed by atoms with Gasteiger partial charge in [0.25, 0.3) is 0 Å². The van der Waals surface area contributed by atoms with Crippen molar-refractivity contribution in [3.8, 4) is 0 Å². The predicted octanol–water partition coefficient (Wildman–Crippen LogP) is 2.59. The molecule has 0 bridgehead atoms. The fourth-order valence-corrected chi connectivity index (χ4v) is 3.78. The van der Waals surface area contributed by atoms with Crippen molar-refractivity contribution < 1.29 is 29.2 Å². The minimum atomic E-state index is -1.19. The highest BCUT2D eigenvalue weighted by Gasteiger charge is 2.49. The van der Waals surface area contributed by atoms with Crippen molar-refractivity contribution in [2.45, 2.75) is 62.9 Å². The lowest BCUT2D eigenvalue weighted by Crippen LogP contribution is -2.62. The second-order valence-corrected chi connectivity index (χ2v) is 7.67. The maximum Gasteiger partial charge on any atom is 0.186 e. The molecule has 7 atom stereocenters. The van der Waals surface area contributed by atoms with Gasteiger partial charge in [-0.15, -0.1) is 0 Å². The zero-order valence-electron chi connectivity index (χ0n) is 16.5. The van der Waals surface area contributed by atoms with Gasteiger partial charge < -0.3 is 29.2 Å². The Morgan fingerprint density at radius 1 is 0.966 bits per heavy atom. The van der Waals surface area contributed by atoms with Crippen LogP contribution in [0.3, 0.4) is 0 Å². The highest BCUT2D eigenvalue weighted by molar-refractivity contribution is 5.17. The summed E-state index contributed by atoms with van der Waals surface area (Å²) in [6, 6.07) is 19.7. The maximum atomic E-state index is 10.6. The third kappa shape index (κ3) is 4.86. The highest BCUT2D eigenvalue weighted by atomic mass is 16.8. The van der Waals surface area contributed by atoms with Crippen molar-refractivity contribution >= 4 is 0 Å². The molecular formula is C23H28O6. The summed E-state index contributed by atoms with van der Waals surface area (Å²) in [5.74, 6) is 0. The van der Waals surface area contributed by atoms with Gasteiger partial charge in [-0.25, -0.2) is 0 Å². The first-order valence-corrected chi connectivity index (χ1v) is 10.1. The number of aliphatic hydroxyl groups excluding tert-OH is 2. The molecule has 0 radical (unpaired) electrons. The summed E-state index contributed by atoms with van der Waals surface area (Å²) >= 11 is 0. The molecule has 2 aromatic rings. The van der Waals surface area contributed by atoms with E-state index in [1.807, 2.05) is 55.5 Å². The second kappa shape index (κ2) is 9.34. The van der Waals surface area contributed by atoms with Gasteiger partial charge in [0.15, 0.2) is 12.6 Å². The summed E-state index contributed by atoms with van der Waals surface area (Å²) < 4.78 is 23.5. The van der Waals surface area contributed by atoms with Crippen molar-refractivity contribution in [2.75, 3.05) is 6.61 Å². The summed E-state index contributed by atoms with van der Waals surface area (Å²) in [7, 11) is 0. The molecule has 0 aliphatic carbocycles. The van der Waals surface area contributed by atoms with Crippen LogP contribution in [0.4, 0.5) is 0 Å². The Hall–Kier alpha value is -1.80. The number of aliphatic hydroxyl groups is 2. The smallest absolute Gasteiger partial charge is 0.186 e. The molecule has 2 saturated heterocycles. The van der Waals surface area contributed by atoms with E-state index in [9.17, 15) is 10.2 Å². The van der Waals surface area contributed by atoms with Gasteiger partial charge >= 0.3 is 0 Å². The van der Waals surface area contributed by atoms with Crippen LogP contribution in [-0.4, -0.2) is 53.6 Å². The van der Waals surface area contributed by atoms with Gasteiger partial charge in [-0.05, 0) is 25.3 Å². The van der Waals surface area contributed by atoms with E-state index >= 15 is 0 Å². The van der Waals surface area contributed by atoms with Gasteiger partial charge in [0.05, 0.1) is 12.7 Å². The summed E-state index contributed by atoms with van der Waals surface area (Å²) in [4.78, 5) is 0. The molecular weight excluding hydrogens is 372 g/mol. The Bertz CT molecular complexity index is 752. The van der Waals surface area contributed by atoms with Crippen LogP contribution < -0.4 is 0 Å². The monoisotopic (exact) mass is 400 g/mol. The normalized spacial score (nSPS) is 33.1. The quantitative estimate of drug-likeness (QED) is 0.776. The predicted molar refractivity (Wildman–Crippen MR) is 106 cm³/mol. The first kappa shape index (κ1) is 20.5. The topological polar surface area (TPSA) is 77.4 Å². The Morgan fingerprint density at radius 2 is 1.66 bits per heavy atom. The van der Waals surface area contributed by atoms with Crippen LogP contribution in [0.15, 0.2) is 60.7 Å². The minimum absolute atomic E-state index is 0.138. The Balaban J connectivity index is 1.33. The van der Waals surface area contributed by atoms with E-state index in [0.717, 1.165) is 18.4 Å². The van der Waals surface area contributed by atoms with E-state index in [2.05, 4.69) is 12.1 Å². The van der Waals surface area contributed by atoms with E-state index in [4.69, 9.17) is 18.9 Å². The lowest BCUT2D eigenvalue weighted by atomic mass is 9.97. The molecule has 0 amide bonds. The standard InChI is InChI=1S/C23H28O6/c1-15(12-13-16-8-4-2-5-9-16)27-23-20(25)19(24)21-18(28-23)14-26-22(29-21)17-10-6-3-7-11-17/h2-11,15,18-25H,12-14H2,1H3/t15-,18-,19-,20-,21-,22+,23-/m1/s1.